The number of nitro groups is 1. The van der Waals surface area contributed by atoms with Gasteiger partial charge in [-0.1, -0.05) is 30.3 Å². The molecule has 1 atom stereocenters. The summed E-state index contributed by atoms with van der Waals surface area (Å²) in [7, 11) is 0. The first-order chi connectivity index (χ1) is 10.4. The van der Waals surface area contributed by atoms with E-state index >= 15 is 0 Å². The number of aryl methyl sites for hydroxylation is 1. The van der Waals surface area contributed by atoms with Crippen LogP contribution >= 0.6 is 0 Å². The van der Waals surface area contributed by atoms with Crippen molar-refractivity contribution in [1.82, 2.24) is 15.1 Å². The van der Waals surface area contributed by atoms with Gasteiger partial charge in [-0.15, -0.1) is 0 Å². The molecule has 1 aromatic heterocycles. The molecule has 7 heteroatoms. The topological polar surface area (TPSA) is 90.1 Å². The molecular weight excluding hydrogens is 284 g/mol. The molecule has 0 radical (unpaired) electrons. The number of carbonyl (C=O) groups excluding carboxylic acids is 1. The van der Waals surface area contributed by atoms with Crippen molar-refractivity contribution in [3.8, 4) is 0 Å². The van der Waals surface area contributed by atoms with Crippen LogP contribution in [-0.4, -0.2) is 20.6 Å². The van der Waals surface area contributed by atoms with Crippen molar-refractivity contribution in [2.75, 3.05) is 0 Å². The van der Waals surface area contributed by atoms with Gasteiger partial charge in [0.15, 0.2) is 0 Å². The van der Waals surface area contributed by atoms with E-state index in [2.05, 4.69) is 10.4 Å². The molecular formula is C15H18N4O3. The van der Waals surface area contributed by atoms with Crippen LogP contribution in [0.15, 0.2) is 30.3 Å². The van der Waals surface area contributed by atoms with Crippen LogP contribution in [0.1, 0.15) is 29.9 Å². The van der Waals surface area contributed by atoms with Gasteiger partial charge in [-0.05, 0) is 26.3 Å². The normalized spacial score (nSPS) is 12.0. The number of amides is 1. The molecule has 0 aliphatic carbocycles. The highest BCUT2D eigenvalue weighted by Gasteiger charge is 2.23. The van der Waals surface area contributed by atoms with Crippen LogP contribution in [0, 0.1) is 24.0 Å². The summed E-state index contributed by atoms with van der Waals surface area (Å²) in [6, 6.07) is 9.44. The van der Waals surface area contributed by atoms with Crippen molar-refractivity contribution in [2.45, 2.75) is 33.4 Å². The smallest absolute Gasteiger partial charge is 0.312 e. The summed E-state index contributed by atoms with van der Waals surface area (Å²) in [6.45, 7) is 4.99. The van der Waals surface area contributed by atoms with Gasteiger partial charge >= 0.3 is 5.69 Å². The molecule has 0 aliphatic heterocycles. The van der Waals surface area contributed by atoms with Crippen LogP contribution < -0.4 is 5.32 Å². The maximum atomic E-state index is 12.1. The molecule has 2 aromatic rings. The summed E-state index contributed by atoms with van der Waals surface area (Å²) in [6.07, 6.45) is 0. The van der Waals surface area contributed by atoms with E-state index in [0.29, 0.717) is 11.4 Å². The van der Waals surface area contributed by atoms with Crippen LogP contribution in [0.5, 0.6) is 0 Å². The van der Waals surface area contributed by atoms with Crippen molar-refractivity contribution in [3.63, 3.8) is 0 Å². The van der Waals surface area contributed by atoms with Crippen LogP contribution in [0.4, 0.5) is 5.69 Å². The van der Waals surface area contributed by atoms with E-state index in [9.17, 15) is 14.9 Å². The number of rotatable bonds is 5. The lowest BCUT2D eigenvalue weighted by Crippen LogP contribution is -2.30. The number of aromatic nitrogens is 2. The average Bonchev–Trinajstić information content (AvgIpc) is 2.74. The Hall–Kier alpha value is -2.70. The van der Waals surface area contributed by atoms with Gasteiger partial charge in [0, 0.05) is 0 Å². The third kappa shape index (κ3) is 3.30. The first-order valence-corrected chi connectivity index (χ1v) is 6.93. The van der Waals surface area contributed by atoms with Gasteiger partial charge in [0.2, 0.25) is 5.91 Å². The number of nitrogens with one attached hydrogen (secondary N) is 1. The maximum Gasteiger partial charge on any atom is 0.312 e. The maximum absolute atomic E-state index is 12.1. The highest BCUT2D eigenvalue weighted by atomic mass is 16.6. The Balaban J connectivity index is 2.07. The molecule has 0 bridgehead atoms. The molecule has 116 valence electrons. The highest BCUT2D eigenvalue weighted by Crippen LogP contribution is 2.21. The van der Waals surface area contributed by atoms with Gasteiger partial charge in [0.1, 0.15) is 17.9 Å². The molecule has 1 aromatic carbocycles. The molecule has 0 fully saturated rings. The van der Waals surface area contributed by atoms with E-state index in [0.717, 1.165) is 5.56 Å². The monoisotopic (exact) mass is 302 g/mol. The zero-order chi connectivity index (χ0) is 16.3. The summed E-state index contributed by atoms with van der Waals surface area (Å²) in [5.41, 5.74) is 1.65. The third-order valence-electron chi connectivity index (χ3n) is 3.50. The van der Waals surface area contributed by atoms with E-state index in [1.807, 2.05) is 37.3 Å². The zero-order valence-corrected chi connectivity index (χ0v) is 12.7. The second kappa shape index (κ2) is 6.38. The molecule has 1 amide bonds. The lowest BCUT2D eigenvalue weighted by atomic mass is 10.1. The van der Waals surface area contributed by atoms with E-state index in [-0.39, 0.29) is 24.2 Å². The number of hydrogen-bond donors (Lipinski definition) is 1. The van der Waals surface area contributed by atoms with Crippen molar-refractivity contribution < 1.29 is 9.72 Å². The molecule has 1 N–H and O–H groups in total. The zero-order valence-electron chi connectivity index (χ0n) is 12.7. The van der Waals surface area contributed by atoms with Crippen LogP contribution in [0.25, 0.3) is 0 Å². The number of hydrogen-bond acceptors (Lipinski definition) is 4. The number of carbonyl (C=O) groups is 1. The minimum absolute atomic E-state index is 0.0380. The summed E-state index contributed by atoms with van der Waals surface area (Å²) in [5, 5.41) is 17.9. The fourth-order valence-electron chi connectivity index (χ4n) is 2.35. The Morgan fingerprint density at radius 3 is 2.55 bits per heavy atom. The van der Waals surface area contributed by atoms with Gasteiger partial charge in [-0.2, -0.15) is 5.10 Å². The van der Waals surface area contributed by atoms with Gasteiger partial charge in [-0.25, -0.2) is 0 Å². The summed E-state index contributed by atoms with van der Waals surface area (Å²) >= 11 is 0. The minimum atomic E-state index is -0.474. The predicted octanol–water partition coefficient (Wildman–Crippen LogP) is 2.29. The largest absolute Gasteiger partial charge is 0.348 e. The Morgan fingerprint density at radius 1 is 1.36 bits per heavy atom. The first-order valence-electron chi connectivity index (χ1n) is 6.93. The fourth-order valence-corrected chi connectivity index (χ4v) is 2.35. The summed E-state index contributed by atoms with van der Waals surface area (Å²) in [4.78, 5) is 22.6. The van der Waals surface area contributed by atoms with Crippen LogP contribution in [0.2, 0.25) is 0 Å². The quantitative estimate of drug-likeness (QED) is 0.677. The Morgan fingerprint density at radius 2 is 2.00 bits per heavy atom. The lowest BCUT2D eigenvalue weighted by Gasteiger charge is -2.14. The molecule has 1 heterocycles. The van der Waals surface area contributed by atoms with E-state index in [4.69, 9.17) is 0 Å². The molecule has 0 saturated carbocycles. The molecule has 22 heavy (non-hydrogen) atoms. The molecule has 2 rings (SSSR count). The Labute approximate surface area is 128 Å². The first kappa shape index (κ1) is 15.7. The summed E-state index contributed by atoms with van der Waals surface area (Å²) < 4.78 is 1.36. The molecule has 0 spiro atoms. The second-order valence-electron chi connectivity index (χ2n) is 5.13. The summed E-state index contributed by atoms with van der Waals surface area (Å²) in [5.74, 6) is -0.239. The van der Waals surface area contributed by atoms with Crippen molar-refractivity contribution in [3.05, 3.63) is 57.4 Å². The van der Waals surface area contributed by atoms with E-state index in [1.54, 1.807) is 13.8 Å². The van der Waals surface area contributed by atoms with Gasteiger partial charge in [-0.3, -0.25) is 19.6 Å². The molecule has 7 nitrogen and oxygen atoms in total. The van der Waals surface area contributed by atoms with Crippen LogP contribution in [-0.2, 0) is 11.3 Å². The van der Waals surface area contributed by atoms with Gasteiger partial charge in [0.05, 0.1) is 11.0 Å². The van der Waals surface area contributed by atoms with Crippen molar-refractivity contribution in [1.29, 1.82) is 0 Å². The molecule has 0 saturated heterocycles. The SMILES string of the molecule is Cc1nn(CC(=O)N[C@H](C)c2ccccc2)c(C)c1[N+](=O)[O-]. The van der Waals surface area contributed by atoms with E-state index in [1.165, 1.54) is 4.68 Å². The van der Waals surface area contributed by atoms with Crippen molar-refractivity contribution in [2.24, 2.45) is 0 Å². The fraction of sp³-hybridized carbons (Fsp3) is 0.333. The number of nitrogens with zero attached hydrogens (tertiary/aromatic N) is 3. The van der Waals surface area contributed by atoms with Crippen LogP contribution in [0.3, 0.4) is 0 Å². The molecule has 0 unspecified atom stereocenters. The third-order valence-corrected chi connectivity index (χ3v) is 3.50. The average molecular weight is 302 g/mol. The Kier molecular flexibility index (Phi) is 4.55. The highest BCUT2D eigenvalue weighted by molar-refractivity contribution is 5.76. The standard InChI is InChI=1S/C15H18N4O3/c1-10(13-7-5-4-6-8-13)16-14(20)9-18-12(3)15(19(21)22)11(2)17-18/h4-8,10H,9H2,1-3H3,(H,16,20)/t10-/m1/s1. The van der Waals surface area contributed by atoms with Crippen molar-refractivity contribution >= 4 is 11.6 Å². The minimum Gasteiger partial charge on any atom is -0.348 e. The van der Waals surface area contributed by atoms with E-state index < -0.39 is 4.92 Å². The molecule has 0 aliphatic rings. The number of benzene rings is 1. The second-order valence-corrected chi connectivity index (χ2v) is 5.13. The Bertz CT molecular complexity index is 694. The van der Waals surface area contributed by atoms with Gasteiger partial charge < -0.3 is 5.32 Å². The predicted molar refractivity (Wildman–Crippen MR) is 81.4 cm³/mol. The van der Waals surface area contributed by atoms with Gasteiger partial charge in [0.25, 0.3) is 0 Å². The lowest BCUT2D eigenvalue weighted by molar-refractivity contribution is -0.386.